The number of aromatic nitrogens is 1. The van der Waals surface area contributed by atoms with Crippen molar-refractivity contribution in [1.29, 1.82) is 0 Å². The number of carbonyl (C=O) groups excluding carboxylic acids is 1. The molecule has 0 saturated carbocycles. The third-order valence-corrected chi connectivity index (χ3v) is 4.35. The number of anilines is 2. The largest absolute Gasteiger partial charge is 0.450 e. The molecular formula is C16H19ClN4O2. The van der Waals surface area contributed by atoms with Gasteiger partial charge < -0.3 is 20.3 Å². The van der Waals surface area contributed by atoms with Gasteiger partial charge in [-0.05, 0) is 25.1 Å². The molecule has 1 aliphatic rings. The van der Waals surface area contributed by atoms with Gasteiger partial charge in [0.1, 0.15) is 5.82 Å². The molecule has 6 nitrogen and oxygen atoms in total. The van der Waals surface area contributed by atoms with Crippen LogP contribution in [0, 0.1) is 0 Å². The lowest BCUT2D eigenvalue weighted by atomic mass is 10.1. The van der Waals surface area contributed by atoms with E-state index in [2.05, 4.69) is 9.88 Å². The molecule has 122 valence electrons. The number of benzene rings is 1. The van der Waals surface area contributed by atoms with E-state index in [0.29, 0.717) is 43.5 Å². The zero-order chi connectivity index (χ0) is 16.4. The van der Waals surface area contributed by atoms with Gasteiger partial charge in [0.15, 0.2) is 0 Å². The molecule has 2 aromatic rings. The molecule has 1 aromatic heterocycles. The van der Waals surface area contributed by atoms with Crippen molar-refractivity contribution < 1.29 is 9.53 Å². The number of nitrogens with zero attached hydrogens (tertiary/aromatic N) is 3. The van der Waals surface area contributed by atoms with Gasteiger partial charge in [-0.25, -0.2) is 9.78 Å². The smallest absolute Gasteiger partial charge is 0.409 e. The summed E-state index contributed by atoms with van der Waals surface area (Å²) >= 11 is 6.09. The molecule has 0 unspecified atom stereocenters. The Morgan fingerprint density at radius 3 is 2.70 bits per heavy atom. The Morgan fingerprint density at radius 1 is 1.26 bits per heavy atom. The first kappa shape index (κ1) is 15.7. The van der Waals surface area contributed by atoms with Crippen LogP contribution in [0.15, 0.2) is 24.4 Å². The van der Waals surface area contributed by atoms with Crippen LogP contribution in [0.4, 0.5) is 16.3 Å². The Balaban J connectivity index is 1.83. The van der Waals surface area contributed by atoms with Crippen molar-refractivity contribution in [3.63, 3.8) is 0 Å². The minimum absolute atomic E-state index is 0.256. The molecule has 1 saturated heterocycles. The average Bonchev–Trinajstić information content (AvgIpc) is 2.58. The molecule has 1 amide bonds. The van der Waals surface area contributed by atoms with Crippen LogP contribution < -0.4 is 10.6 Å². The number of nitrogens with two attached hydrogens (primary N) is 1. The first-order valence-corrected chi connectivity index (χ1v) is 7.99. The van der Waals surface area contributed by atoms with E-state index in [4.69, 9.17) is 22.1 Å². The van der Waals surface area contributed by atoms with Crippen molar-refractivity contribution in [3.8, 4) is 0 Å². The second-order valence-electron chi connectivity index (χ2n) is 5.36. The normalized spacial score (nSPS) is 15.0. The lowest BCUT2D eigenvalue weighted by Crippen LogP contribution is -2.49. The summed E-state index contributed by atoms with van der Waals surface area (Å²) in [5.41, 5.74) is 6.63. The van der Waals surface area contributed by atoms with E-state index >= 15 is 0 Å². The molecule has 2 heterocycles. The van der Waals surface area contributed by atoms with Crippen LogP contribution in [-0.2, 0) is 4.74 Å². The number of halogens is 1. The predicted molar refractivity (Wildman–Crippen MR) is 92.0 cm³/mol. The number of rotatable bonds is 2. The number of amides is 1. The Kier molecular flexibility index (Phi) is 4.43. The minimum atomic E-state index is -0.256. The van der Waals surface area contributed by atoms with Gasteiger partial charge in [-0.1, -0.05) is 11.6 Å². The number of ether oxygens (including phenoxy) is 1. The molecule has 0 aliphatic carbocycles. The Labute approximate surface area is 139 Å². The first-order chi connectivity index (χ1) is 11.1. The highest BCUT2D eigenvalue weighted by Crippen LogP contribution is 2.33. The van der Waals surface area contributed by atoms with E-state index in [1.807, 2.05) is 19.1 Å². The highest BCUT2D eigenvalue weighted by molar-refractivity contribution is 6.34. The van der Waals surface area contributed by atoms with Crippen LogP contribution >= 0.6 is 11.6 Å². The summed E-state index contributed by atoms with van der Waals surface area (Å²) in [7, 11) is 0. The minimum Gasteiger partial charge on any atom is -0.450 e. The molecule has 0 spiro atoms. The molecule has 0 atom stereocenters. The summed E-state index contributed by atoms with van der Waals surface area (Å²) in [6.07, 6.45) is 1.48. The Hall–Kier alpha value is -2.21. The third kappa shape index (κ3) is 2.99. The maximum Gasteiger partial charge on any atom is 0.409 e. The number of nitrogen functional groups attached to an aromatic ring is 1. The number of carbonyl (C=O) groups is 1. The maximum atomic E-state index is 11.8. The van der Waals surface area contributed by atoms with Crippen molar-refractivity contribution in [2.45, 2.75) is 6.92 Å². The highest BCUT2D eigenvalue weighted by Gasteiger charge is 2.23. The number of hydrogen-bond acceptors (Lipinski definition) is 5. The lowest BCUT2D eigenvalue weighted by Gasteiger charge is -2.35. The van der Waals surface area contributed by atoms with E-state index in [1.165, 1.54) is 0 Å². The molecule has 1 fully saturated rings. The summed E-state index contributed by atoms with van der Waals surface area (Å²) in [4.78, 5) is 20.2. The number of fused-ring (bicyclic) bond motifs is 1. The maximum absolute atomic E-state index is 11.8. The summed E-state index contributed by atoms with van der Waals surface area (Å²) in [5.74, 6) is 0.870. The van der Waals surface area contributed by atoms with Gasteiger partial charge in [-0.2, -0.15) is 0 Å². The molecule has 1 aliphatic heterocycles. The zero-order valence-corrected chi connectivity index (χ0v) is 13.7. The van der Waals surface area contributed by atoms with Gasteiger partial charge in [0, 0.05) is 43.1 Å². The molecule has 1 aromatic carbocycles. The predicted octanol–water partition coefficient (Wildman–Crippen LogP) is 2.75. The van der Waals surface area contributed by atoms with Gasteiger partial charge in [-0.3, -0.25) is 0 Å². The molecule has 0 radical (unpaired) electrons. The second-order valence-corrected chi connectivity index (χ2v) is 5.77. The highest BCUT2D eigenvalue weighted by atomic mass is 35.5. The fourth-order valence-electron chi connectivity index (χ4n) is 2.80. The number of hydrogen-bond donors (Lipinski definition) is 1. The van der Waals surface area contributed by atoms with Crippen molar-refractivity contribution in [2.24, 2.45) is 0 Å². The molecule has 2 N–H and O–H groups in total. The van der Waals surface area contributed by atoms with Crippen molar-refractivity contribution in [1.82, 2.24) is 9.88 Å². The van der Waals surface area contributed by atoms with Gasteiger partial charge >= 0.3 is 6.09 Å². The number of pyridine rings is 1. The van der Waals surface area contributed by atoms with Crippen LogP contribution in [0.5, 0.6) is 0 Å². The van der Waals surface area contributed by atoms with E-state index < -0.39 is 0 Å². The fourth-order valence-corrected chi connectivity index (χ4v) is 2.97. The molecule has 23 heavy (non-hydrogen) atoms. The fraction of sp³-hybridized carbons (Fsp3) is 0.375. The SMILES string of the molecule is CCOC(=O)N1CCN(c2nccc3c(N)c(Cl)ccc23)CC1. The van der Waals surface area contributed by atoms with Crippen LogP contribution in [0.25, 0.3) is 10.8 Å². The summed E-state index contributed by atoms with van der Waals surface area (Å²) in [6.45, 7) is 4.83. The third-order valence-electron chi connectivity index (χ3n) is 4.02. The van der Waals surface area contributed by atoms with Crippen LogP contribution in [0.1, 0.15) is 6.92 Å². The van der Waals surface area contributed by atoms with E-state index in [9.17, 15) is 4.79 Å². The standard InChI is InChI=1S/C16H19ClN4O2/c1-2-23-16(22)21-9-7-20(8-10-21)15-12-3-4-13(17)14(18)11(12)5-6-19-15/h3-6H,2,7-10,18H2,1H3. The Morgan fingerprint density at radius 2 is 2.00 bits per heavy atom. The molecular weight excluding hydrogens is 316 g/mol. The summed E-state index contributed by atoms with van der Waals surface area (Å²) in [5, 5.41) is 2.41. The lowest BCUT2D eigenvalue weighted by molar-refractivity contribution is 0.105. The van der Waals surface area contributed by atoms with Gasteiger partial charge in [0.25, 0.3) is 0 Å². The van der Waals surface area contributed by atoms with Crippen LogP contribution in [-0.4, -0.2) is 48.8 Å². The zero-order valence-electron chi connectivity index (χ0n) is 13.0. The van der Waals surface area contributed by atoms with Crippen molar-refractivity contribution >= 4 is 40.0 Å². The van der Waals surface area contributed by atoms with E-state index in [-0.39, 0.29) is 6.09 Å². The first-order valence-electron chi connectivity index (χ1n) is 7.61. The van der Waals surface area contributed by atoms with Crippen LogP contribution in [0.3, 0.4) is 0 Å². The van der Waals surface area contributed by atoms with Gasteiger partial charge in [0.2, 0.25) is 0 Å². The molecule has 0 bridgehead atoms. The average molecular weight is 335 g/mol. The van der Waals surface area contributed by atoms with E-state index in [1.54, 1.807) is 17.2 Å². The van der Waals surface area contributed by atoms with Crippen molar-refractivity contribution in [2.75, 3.05) is 43.4 Å². The monoisotopic (exact) mass is 334 g/mol. The van der Waals surface area contributed by atoms with Crippen LogP contribution in [0.2, 0.25) is 5.02 Å². The summed E-state index contributed by atoms with van der Waals surface area (Å²) < 4.78 is 5.04. The quantitative estimate of drug-likeness (QED) is 0.855. The topological polar surface area (TPSA) is 71.7 Å². The van der Waals surface area contributed by atoms with Crippen molar-refractivity contribution in [3.05, 3.63) is 29.4 Å². The Bertz CT molecular complexity index is 729. The molecule has 7 heteroatoms. The van der Waals surface area contributed by atoms with Gasteiger partial charge in [-0.15, -0.1) is 0 Å². The summed E-state index contributed by atoms with van der Waals surface area (Å²) in [6, 6.07) is 5.60. The van der Waals surface area contributed by atoms with Gasteiger partial charge in [0.05, 0.1) is 17.3 Å². The molecule has 3 rings (SSSR count). The number of piperazine rings is 1. The second kappa shape index (κ2) is 6.50. The van der Waals surface area contributed by atoms with E-state index in [0.717, 1.165) is 16.6 Å².